The van der Waals surface area contributed by atoms with E-state index in [1.165, 1.54) is 4.88 Å². The average Bonchev–Trinajstić information content (AvgIpc) is 2.89. The summed E-state index contributed by atoms with van der Waals surface area (Å²) in [5.41, 5.74) is 0.826. The van der Waals surface area contributed by atoms with Gasteiger partial charge in [0.25, 0.3) is 0 Å². The molecular formula is C14H18N2O2S. The van der Waals surface area contributed by atoms with E-state index < -0.39 is 0 Å². The number of benzene rings is 1. The van der Waals surface area contributed by atoms with E-state index >= 15 is 0 Å². The molecule has 1 aromatic carbocycles. The Morgan fingerprint density at radius 1 is 1.37 bits per heavy atom. The maximum atomic E-state index is 9.76. The van der Waals surface area contributed by atoms with Gasteiger partial charge >= 0.3 is 0 Å². The number of thiazole rings is 1. The van der Waals surface area contributed by atoms with Crippen LogP contribution in [0.25, 0.3) is 0 Å². The number of nitrogens with zero attached hydrogens (tertiary/aromatic N) is 1. The van der Waals surface area contributed by atoms with E-state index in [1.54, 1.807) is 30.6 Å². The summed E-state index contributed by atoms with van der Waals surface area (Å²) in [6.07, 6.45) is 2.94. The molecule has 0 bridgehead atoms. The Balaban J connectivity index is 1.91. The fourth-order valence-corrected chi connectivity index (χ4v) is 2.56. The maximum Gasteiger partial charge on any atom is 0.120 e. The fraction of sp³-hybridized carbons (Fsp3) is 0.357. The lowest BCUT2D eigenvalue weighted by atomic mass is 10.2. The third kappa shape index (κ3) is 3.68. The Bertz CT molecular complexity index is 540. The zero-order chi connectivity index (χ0) is 13.7. The van der Waals surface area contributed by atoms with Gasteiger partial charge in [-0.15, -0.1) is 11.3 Å². The van der Waals surface area contributed by atoms with E-state index in [4.69, 9.17) is 4.74 Å². The van der Waals surface area contributed by atoms with E-state index in [-0.39, 0.29) is 5.75 Å². The molecule has 19 heavy (non-hydrogen) atoms. The number of phenols is 1. The van der Waals surface area contributed by atoms with Crippen molar-refractivity contribution in [3.05, 3.63) is 39.8 Å². The maximum absolute atomic E-state index is 9.76. The molecule has 1 heterocycles. The van der Waals surface area contributed by atoms with Crippen LogP contribution in [-0.4, -0.2) is 17.2 Å². The quantitative estimate of drug-likeness (QED) is 0.853. The Morgan fingerprint density at radius 2 is 2.21 bits per heavy atom. The number of aromatic hydroxyl groups is 1. The lowest BCUT2D eigenvalue weighted by Crippen LogP contribution is -2.12. The van der Waals surface area contributed by atoms with Gasteiger partial charge in [-0.25, -0.2) is 4.98 Å². The molecule has 0 aliphatic rings. The standard InChI is InChI=1S/C14H18N2O2S/c1-3-12-8-16-14(19-12)9-15-7-10-6-11(18-2)4-5-13(10)17/h4-6,8,15,17H,3,7,9H2,1-2H3. The van der Waals surface area contributed by atoms with Gasteiger partial charge in [-0.2, -0.15) is 0 Å². The molecule has 2 aromatic rings. The summed E-state index contributed by atoms with van der Waals surface area (Å²) in [6.45, 7) is 3.42. The second-order valence-corrected chi connectivity index (χ2v) is 5.37. The lowest BCUT2D eigenvalue weighted by Gasteiger charge is -2.07. The minimum Gasteiger partial charge on any atom is -0.508 e. The SMILES string of the molecule is CCc1cnc(CNCc2cc(OC)ccc2O)s1. The first-order valence-corrected chi connectivity index (χ1v) is 7.04. The van der Waals surface area contributed by atoms with Gasteiger partial charge in [-0.05, 0) is 24.6 Å². The summed E-state index contributed by atoms with van der Waals surface area (Å²) in [4.78, 5) is 5.64. The van der Waals surface area contributed by atoms with Crippen molar-refractivity contribution in [1.82, 2.24) is 10.3 Å². The molecule has 0 saturated carbocycles. The molecule has 0 unspecified atom stereocenters. The second-order valence-electron chi connectivity index (χ2n) is 4.17. The van der Waals surface area contributed by atoms with Gasteiger partial charge in [-0.1, -0.05) is 6.92 Å². The molecular weight excluding hydrogens is 260 g/mol. The van der Waals surface area contributed by atoms with Crippen LogP contribution in [0.4, 0.5) is 0 Å². The molecule has 0 radical (unpaired) electrons. The number of phenolic OH excluding ortho intramolecular Hbond substituents is 1. The molecule has 2 N–H and O–H groups in total. The van der Waals surface area contributed by atoms with Crippen LogP contribution in [-0.2, 0) is 19.5 Å². The van der Waals surface area contributed by atoms with Crippen molar-refractivity contribution in [1.29, 1.82) is 0 Å². The van der Waals surface area contributed by atoms with Crippen molar-refractivity contribution in [2.24, 2.45) is 0 Å². The van der Waals surface area contributed by atoms with Gasteiger partial charge in [0.05, 0.1) is 7.11 Å². The van der Waals surface area contributed by atoms with Gasteiger partial charge in [0.2, 0.25) is 0 Å². The van der Waals surface area contributed by atoms with Crippen molar-refractivity contribution in [3.63, 3.8) is 0 Å². The normalized spacial score (nSPS) is 10.6. The predicted octanol–water partition coefficient (Wildman–Crippen LogP) is 2.71. The Morgan fingerprint density at radius 3 is 2.89 bits per heavy atom. The highest BCUT2D eigenvalue weighted by Crippen LogP contribution is 2.22. The summed E-state index contributed by atoms with van der Waals surface area (Å²) in [7, 11) is 1.62. The van der Waals surface area contributed by atoms with Gasteiger partial charge in [0, 0.05) is 29.7 Å². The molecule has 0 saturated heterocycles. The smallest absolute Gasteiger partial charge is 0.120 e. The average molecular weight is 278 g/mol. The van der Waals surface area contributed by atoms with Gasteiger partial charge < -0.3 is 15.2 Å². The lowest BCUT2D eigenvalue weighted by molar-refractivity contribution is 0.410. The van der Waals surface area contributed by atoms with E-state index in [1.807, 2.05) is 12.3 Å². The van der Waals surface area contributed by atoms with Crippen LogP contribution in [0, 0.1) is 0 Å². The molecule has 102 valence electrons. The summed E-state index contributed by atoms with van der Waals surface area (Å²) >= 11 is 1.72. The minimum absolute atomic E-state index is 0.279. The number of ether oxygens (including phenoxy) is 1. The van der Waals surface area contributed by atoms with E-state index in [0.29, 0.717) is 13.1 Å². The fourth-order valence-electron chi connectivity index (χ4n) is 1.73. The van der Waals surface area contributed by atoms with Crippen LogP contribution in [0.2, 0.25) is 0 Å². The van der Waals surface area contributed by atoms with Crippen LogP contribution >= 0.6 is 11.3 Å². The summed E-state index contributed by atoms with van der Waals surface area (Å²) in [6, 6.07) is 5.23. The van der Waals surface area contributed by atoms with Crippen molar-refractivity contribution >= 4 is 11.3 Å². The van der Waals surface area contributed by atoms with Gasteiger partial charge in [0.15, 0.2) is 0 Å². The number of hydrogen-bond acceptors (Lipinski definition) is 5. The molecule has 0 atom stereocenters. The Labute approximate surface area is 117 Å². The number of aryl methyl sites for hydroxylation is 1. The summed E-state index contributed by atoms with van der Waals surface area (Å²) in [5, 5.41) is 14.1. The molecule has 0 aliphatic heterocycles. The molecule has 5 heteroatoms. The number of rotatable bonds is 6. The largest absolute Gasteiger partial charge is 0.508 e. The van der Waals surface area contributed by atoms with Crippen molar-refractivity contribution < 1.29 is 9.84 Å². The zero-order valence-corrected chi connectivity index (χ0v) is 12.0. The first kappa shape index (κ1) is 13.8. The first-order valence-electron chi connectivity index (χ1n) is 6.23. The van der Waals surface area contributed by atoms with E-state index in [9.17, 15) is 5.11 Å². The summed E-state index contributed by atoms with van der Waals surface area (Å²) < 4.78 is 5.14. The Kier molecular flexibility index (Phi) is 4.76. The topological polar surface area (TPSA) is 54.4 Å². The van der Waals surface area contributed by atoms with Crippen molar-refractivity contribution in [3.8, 4) is 11.5 Å². The minimum atomic E-state index is 0.279. The molecule has 0 fully saturated rings. The Hall–Kier alpha value is -1.59. The van der Waals surface area contributed by atoms with Crippen LogP contribution < -0.4 is 10.1 Å². The van der Waals surface area contributed by atoms with Crippen LogP contribution in [0.15, 0.2) is 24.4 Å². The summed E-state index contributed by atoms with van der Waals surface area (Å²) in [5.74, 6) is 1.03. The number of aromatic nitrogens is 1. The number of hydrogen-bond donors (Lipinski definition) is 2. The van der Waals surface area contributed by atoms with E-state index in [2.05, 4.69) is 17.2 Å². The highest BCUT2D eigenvalue weighted by Gasteiger charge is 2.04. The van der Waals surface area contributed by atoms with E-state index in [0.717, 1.165) is 22.7 Å². The first-order chi connectivity index (χ1) is 9.22. The molecule has 2 rings (SSSR count). The molecule has 0 spiro atoms. The van der Waals surface area contributed by atoms with Crippen LogP contribution in [0.3, 0.4) is 0 Å². The third-order valence-electron chi connectivity index (χ3n) is 2.83. The number of nitrogens with one attached hydrogen (secondary N) is 1. The zero-order valence-electron chi connectivity index (χ0n) is 11.1. The number of methoxy groups -OCH3 is 1. The predicted molar refractivity (Wildman–Crippen MR) is 76.7 cm³/mol. The second kappa shape index (κ2) is 6.54. The van der Waals surface area contributed by atoms with Crippen LogP contribution in [0.1, 0.15) is 22.4 Å². The van der Waals surface area contributed by atoms with Crippen LogP contribution in [0.5, 0.6) is 11.5 Å². The third-order valence-corrected chi connectivity index (χ3v) is 3.97. The monoisotopic (exact) mass is 278 g/mol. The van der Waals surface area contributed by atoms with Crippen molar-refractivity contribution in [2.75, 3.05) is 7.11 Å². The molecule has 4 nitrogen and oxygen atoms in total. The van der Waals surface area contributed by atoms with Gasteiger partial charge in [0.1, 0.15) is 16.5 Å². The molecule has 1 aromatic heterocycles. The van der Waals surface area contributed by atoms with Gasteiger partial charge in [-0.3, -0.25) is 0 Å². The highest BCUT2D eigenvalue weighted by molar-refractivity contribution is 7.11. The highest BCUT2D eigenvalue weighted by atomic mass is 32.1. The van der Waals surface area contributed by atoms with Crippen molar-refractivity contribution in [2.45, 2.75) is 26.4 Å². The molecule has 0 aliphatic carbocycles. The molecule has 0 amide bonds.